The lowest BCUT2D eigenvalue weighted by Gasteiger charge is -2.55. The Labute approximate surface area is 302 Å². The van der Waals surface area contributed by atoms with E-state index in [2.05, 4.69) is 64.2 Å². The van der Waals surface area contributed by atoms with Crippen LogP contribution in [0.2, 0.25) is 0 Å². The van der Waals surface area contributed by atoms with Crippen LogP contribution in [0.1, 0.15) is 129 Å². The lowest BCUT2D eigenvalue weighted by atomic mass is 9.52. The van der Waals surface area contributed by atoms with Crippen molar-refractivity contribution in [1.29, 1.82) is 0 Å². The fourth-order valence-corrected chi connectivity index (χ4v) is 10.2. The Balaban J connectivity index is 0.000000234. The number of hydrogen-bond acceptors (Lipinski definition) is 5. The number of aliphatic hydroxyl groups excluding tert-OH is 1. The lowest BCUT2D eigenvalue weighted by Crippen LogP contribution is -2.52. The fourth-order valence-electron chi connectivity index (χ4n) is 10.2. The molecule has 0 radical (unpaired) electrons. The average molecular weight is 682 g/mol. The Morgan fingerprint density at radius 1 is 0.900 bits per heavy atom. The number of allylic oxidation sites excluding steroid dienone is 4. The van der Waals surface area contributed by atoms with Gasteiger partial charge in [-0.2, -0.15) is 0 Å². The molecule has 1 heterocycles. The topological polar surface area (TPSA) is 60.0 Å². The summed E-state index contributed by atoms with van der Waals surface area (Å²) in [5.74, 6) is 2.84. The van der Waals surface area contributed by atoms with Gasteiger partial charge in [0.05, 0.1) is 26.4 Å². The maximum absolute atomic E-state index is 11.2. The van der Waals surface area contributed by atoms with Crippen molar-refractivity contribution in [2.75, 3.05) is 25.6 Å². The second-order valence-electron chi connectivity index (χ2n) is 17.6. The molecule has 50 heavy (non-hydrogen) atoms. The van der Waals surface area contributed by atoms with E-state index in [1.165, 1.54) is 68.2 Å². The first kappa shape index (κ1) is 35.8. The average Bonchev–Trinajstić information content (AvgIpc) is 3.94. The van der Waals surface area contributed by atoms with Crippen molar-refractivity contribution in [2.24, 2.45) is 28.6 Å². The third-order valence-electron chi connectivity index (χ3n) is 13.4. The molecule has 2 aromatic carbocycles. The number of hydrogen-bond donors (Lipinski definition) is 2. The van der Waals surface area contributed by atoms with Crippen molar-refractivity contribution in [2.45, 2.75) is 136 Å². The van der Waals surface area contributed by atoms with Crippen LogP contribution in [0.5, 0.6) is 5.75 Å². The molecule has 272 valence electrons. The molecule has 0 amide bonds. The van der Waals surface area contributed by atoms with Gasteiger partial charge in [0.2, 0.25) is 0 Å². The zero-order valence-electron chi connectivity index (χ0n) is 31.8. The third kappa shape index (κ3) is 7.34. The zero-order valence-corrected chi connectivity index (χ0v) is 31.8. The highest BCUT2D eigenvalue weighted by Crippen LogP contribution is 2.65. The molecule has 5 fully saturated rings. The van der Waals surface area contributed by atoms with Crippen LogP contribution in [0.25, 0.3) is 0 Å². The van der Waals surface area contributed by atoms with Gasteiger partial charge < -0.3 is 24.6 Å². The quantitative estimate of drug-likeness (QED) is 0.285. The van der Waals surface area contributed by atoms with Crippen molar-refractivity contribution < 1.29 is 19.3 Å². The number of fused-ring (bicyclic) bond motifs is 4. The van der Waals surface area contributed by atoms with Crippen LogP contribution in [0.15, 0.2) is 70.9 Å². The maximum atomic E-state index is 11.2. The van der Waals surface area contributed by atoms with E-state index in [0.717, 1.165) is 56.8 Å². The van der Waals surface area contributed by atoms with E-state index in [0.29, 0.717) is 23.7 Å². The molecule has 2 N–H and O–H groups in total. The summed E-state index contributed by atoms with van der Waals surface area (Å²) >= 11 is 0. The summed E-state index contributed by atoms with van der Waals surface area (Å²) in [7, 11) is 1.68. The Kier molecular flexibility index (Phi) is 10.3. The SMILES string of the molecule is CCCCc1ccc(C2CC3(C)C(O)CCC3C3CCC4CC5(CCC4=C23)OCC(C)(C)CO5)cc1.COc1ccc(NC(C)=C2CC2)cc1. The van der Waals surface area contributed by atoms with Gasteiger partial charge >= 0.3 is 0 Å². The van der Waals surface area contributed by atoms with E-state index in [-0.39, 0.29) is 22.7 Å². The number of methoxy groups -OCH3 is 1. The molecular weight excluding hydrogens is 618 g/mol. The lowest BCUT2D eigenvalue weighted by molar-refractivity contribution is -0.312. The van der Waals surface area contributed by atoms with Crippen molar-refractivity contribution in [1.82, 2.24) is 0 Å². The van der Waals surface area contributed by atoms with Gasteiger partial charge in [-0.05, 0) is 130 Å². The van der Waals surface area contributed by atoms with Gasteiger partial charge in [0.1, 0.15) is 5.75 Å². The van der Waals surface area contributed by atoms with Crippen LogP contribution < -0.4 is 10.1 Å². The van der Waals surface area contributed by atoms with Gasteiger partial charge in [0, 0.05) is 35.6 Å². The Morgan fingerprint density at radius 3 is 2.28 bits per heavy atom. The number of anilines is 1. The normalized spacial score (nSPS) is 31.9. The van der Waals surface area contributed by atoms with Crippen molar-refractivity contribution >= 4 is 5.69 Å². The van der Waals surface area contributed by atoms with E-state index < -0.39 is 0 Å². The summed E-state index contributed by atoms with van der Waals surface area (Å²) in [6, 6.07) is 17.6. The minimum absolute atomic E-state index is 0.0458. The van der Waals surface area contributed by atoms with E-state index >= 15 is 0 Å². The summed E-state index contributed by atoms with van der Waals surface area (Å²) in [4.78, 5) is 0. The summed E-state index contributed by atoms with van der Waals surface area (Å²) in [6.07, 6.45) is 15.0. The molecule has 6 unspecified atom stereocenters. The molecule has 5 heteroatoms. The van der Waals surface area contributed by atoms with Crippen molar-refractivity contribution in [3.8, 4) is 5.75 Å². The number of unbranched alkanes of at least 4 members (excludes halogenated alkanes) is 1. The van der Waals surface area contributed by atoms with Gasteiger partial charge in [-0.25, -0.2) is 0 Å². The van der Waals surface area contributed by atoms with Crippen LogP contribution in [-0.4, -0.2) is 37.3 Å². The summed E-state index contributed by atoms with van der Waals surface area (Å²) < 4.78 is 18.1. The Morgan fingerprint density at radius 2 is 1.62 bits per heavy atom. The predicted octanol–water partition coefficient (Wildman–Crippen LogP) is 10.7. The molecule has 1 saturated heterocycles. The number of ether oxygens (including phenoxy) is 3. The smallest absolute Gasteiger partial charge is 0.169 e. The second-order valence-corrected chi connectivity index (χ2v) is 17.6. The molecule has 1 aliphatic heterocycles. The van der Waals surface area contributed by atoms with Crippen LogP contribution in [0, 0.1) is 28.6 Å². The maximum Gasteiger partial charge on any atom is 0.169 e. The standard InChI is InChI=1S/C33H48O3.C12H15NO/c1-5-6-7-22-8-10-23(11-9-22)27-19-32(4)28(14-15-29(32)34)26-13-12-24-18-33(17-16-25(24)30(26)27)35-20-31(2,3)21-36-33;1-9(10-3-4-10)13-11-5-7-12(14-2)8-6-11/h8-11,24,26-29,34H,5-7,12-21H2,1-4H3;5-8,13H,3-4H2,1-2H3. The molecule has 0 aromatic heterocycles. The van der Waals surface area contributed by atoms with Gasteiger partial charge in [-0.15, -0.1) is 0 Å². The zero-order chi connectivity index (χ0) is 35.1. The molecule has 5 nitrogen and oxygen atoms in total. The van der Waals surface area contributed by atoms with Crippen LogP contribution in [0.4, 0.5) is 5.69 Å². The number of benzene rings is 2. The first-order valence-corrected chi connectivity index (χ1v) is 19.9. The number of aryl methyl sites for hydroxylation is 1. The number of nitrogens with one attached hydrogen (secondary N) is 1. The highest BCUT2D eigenvalue weighted by atomic mass is 16.7. The first-order chi connectivity index (χ1) is 24.0. The highest BCUT2D eigenvalue weighted by Gasteiger charge is 2.57. The van der Waals surface area contributed by atoms with E-state index in [4.69, 9.17) is 14.2 Å². The predicted molar refractivity (Wildman–Crippen MR) is 203 cm³/mol. The monoisotopic (exact) mass is 681 g/mol. The van der Waals surface area contributed by atoms with Gasteiger partial charge in [-0.1, -0.05) is 75.1 Å². The molecular formula is C45H63NO4. The molecule has 2 aromatic rings. The van der Waals surface area contributed by atoms with Crippen LogP contribution in [0.3, 0.4) is 0 Å². The van der Waals surface area contributed by atoms with E-state index in [1.807, 2.05) is 24.3 Å². The van der Waals surface area contributed by atoms with Gasteiger partial charge in [0.15, 0.2) is 5.79 Å². The summed E-state index contributed by atoms with van der Waals surface area (Å²) in [5.41, 5.74) is 10.6. The van der Waals surface area contributed by atoms with Crippen LogP contribution in [-0.2, 0) is 15.9 Å². The fraction of sp³-hybridized carbons (Fsp3) is 0.644. The number of rotatable bonds is 7. The molecule has 4 saturated carbocycles. The van der Waals surface area contributed by atoms with E-state index in [9.17, 15) is 5.11 Å². The first-order valence-electron chi connectivity index (χ1n) is 19.9. The van der Waals surface area contributed by atoms with Crippen molar-refractivity contribution in [3.63, 3.8) is 0 Å². The van der Waals surface area contributed by atoms with Crippen LogP contribution >= 0.6 is 0 Å². The molecule has 6 atom stereocenters. The van der Waals surface area contributed by atoms with Gasteiger partial charge in [-0.3, -0.25) is 0 Å². The summed E-state index contributed by atoms with van der Waals surface area (Å²) in [6.45, 7) is 12.9. The molecule has 6 aliphatic rings. The minimum Gasteiger partial charge on any atom is -0.497 e. The second kappa shape index (κ2) is 14.4. The largest absolute Gasteiger partial charge is 0.497 e. The van der Waals surface area contributed by atoms with Crippen molar-refractivity contribution in [3.05, 3.63) is 82.1 Å². The Bertz CT molecular complexity index is 1540. The third-order valence-corrected chi connectivity index (χ3v) is 13.4. The number of aliphatic hydroxyl groups is 1. The highest BCUT2D eigenvalue weighted by molar-refractivity contribution is 5.52. The molecule has 5 aliphatic carbocycles. The summed E-state index contributed by atoms with van der Waals surface area (Å²) in [5, 5.41) is 14.6. The van der Waals surface area contributed by atoms with E-state index in [1.54, 1.807) is 23.8 Å². The molecule has 1 spiro atoms. The molecule has 8 rings (SSSR count). The Hall–Kier alpha value is -2.60. The molecule has 0 bridgehead atoms. The van der Waals surface area contributed by atoms with Gasteiger partial charge in [0.25, 0.3) is 0 Å². The minimum atomic E-state index is -0.361.